The SMILES string of the molecule is O=C1CNC(c2ccccc2)N1c1ccccc1. The molecule has 1 aliphatic heterocycles. The monoisotopic (exact) mass is 238 g/mol. The number of carbonyl (C=O) groups excluding carboxylic acids is 1. The molecule has 1 aliphatic rings. The molecule has 1 fully saturated rings. The maximum absolute atomic E-state index is 12.0. The largest absolute Gasteiger partial charge is 0.291 e. The van der Waals surface area contributed by atoms with Gasteiger partial charge in [0.2, 0.25) is 5.91 Å². The normalized spacial score (nSPS) is 19.2. The van der Waals surface area contributed by atoms with Gasteiger partial charge in [-0.05, 0) is 17.7 Å². The molecule has 0 aromatic heterocycles. The van der Waals surface area contributed by atoms with E-state index in [0.717, 1.165) is 11.3 Å². The Bertz CT molecular complexity index is 539. The Hall–Kier alpha value is -2.13. The van der Waals surface area contributed by atoms with Crippen molar-refractivity contribution >= 4 is 11.6 Å². The molecule has 1 N–H and O–H groups in total. The number of rotatable bonds is 2. The lowest BCUT2D eigenvalue weighted by atomic mass is 10.1. The minimum atomic E-state index is -0.0684. The Balaban J connectivity index is 1.98. The lowest BCUT2D eigenvalue weighted by molar-refractivity contribution is -0.116. The van der Waals surface area contributed by atoms with Gasteiger partial charge >= 0.3 is 0 Å². The first-order valence-corrected chi connectivity index (χ1v) is 6.02. The summed E-state index contributed by atoms with van der Waals surface area (Å²) < 4.78 is 0. The second-order valence-electron chi connectivity index (χ2n) is 4.29. The van der Waals surface area contributed by atoms with E-state index in [1.165, 1.54) is 0 Å². The zero-order valence-corrected chi connectivity index (χ0v) is 9.91. The summed E-state index contributed by atoms with van der Waals surface area (Å²) in [7, 11) is 0. The zero-order valence-electron chi connectivity index (χ0n) is 9.91. The van der Waals surface area contributed by atoms with Gasteiger partial charge in [0.15, 0.2) is 0 Å². The van der Waals surface area contributed by atoms with Crippen LogP contribution in [0.25, 0.3) is 0 Å². The molecule has 2 aromatic rings. The van der Waals surface area contributed by atoms with Crippen molar-refractivity contribution in [2.24, 2.45) is 0 Å². The summed E-state index contributed by atoms with van der Waals surface area (Å²) >= 11 is 0. The van der Waals surface area contributed by atoms with Crippen LogP contribution in [0, 0.1) is 0 Å². The van der Waals surface area contributed by atoms with Crippen molar-refractivity contribution in [3.8, 4) is 0 Å². The van der Waals surface area contributed by atoms with Gasteiger partial charge in [-0.1, -0.05) is 48.5 Å². The number of para-hydroxylation sites is 1. The van der Waals surface area contributed by atoms with Crippen LogP contribution in [0.5, 0.6) is 0 Å². The van der Waals surface area contributed by atoms with Crippen molar-refractivity contribution in [1.82, 2.24) is 5.32 Å². The third-order valence-electron chi connectivity index (χ3n) is 3.12. The summed E-state index contributed by atoms with van der Waals surface area (Å²) in [6.07, 6.45) is -0.0684. The lowest BCUT2D eigenvalue weighted by Gasteiger charge is -2.24. The van der Waals surface area contributed by atoms with Crippen LogP contribution < -0.4 is 10.2 Å². The molecule has 1 amide bonds. The zero-order chi connectivity index (χ0) is 12.4. The number of anilines is 1. The van der Waals surface area contributed by atoms with Crippen molar-refractivity contribution in [2.45, 2.75) is 6.17 Å². The second-order valence-corrected chi connectivity index (χ2v) is 4.29. The standard InChI is InChI=1S/C15H14N2O/c18-14-11-16-15(12-7-3-1-4-8-12)17(14)13-9-5-2-6-10-13/h1-10,15-16H,11H2. The number of nitrogens with one attached hydrogen (secondary N) is 1. The Morgan fingerprint density at radius 2 is 1.56 bits per heavy atom. The number of benzene rings is 2. The van der Waals surface area contributed by atoms with E-state index in [9.17, 15) is 4.79 Å². The van der Waals surface area contributed by atoms with Crippen molar-refractivity contribution in [1.29, 1.82) is 0 Å². The summed E-state index contributed by atoms with van der Waals surface area (Å²) in [5.41, 5.74) is 2.04. The molecule has 90 valence electrons. The van der Waals surface area contributed by atoms with E-state index >= 15 is 0 Å². The van der Waals surface area contributed by atoms with Crippen LogP contribution in [0.3, 0.4) is 0 Å². The third-order valence-corrected chi connectivity index (χ3v) is 3.12. The molecular weight excluding hydrogens is 224 g/mol. The minimum absolute atomic E-state index is 0.0684. The molecule has 3 rings (SSSR count). The fourth-order valence-electron chi connectivity index (χ4n) is 2.29. The second kappa shape index (κ2) is 4.63. The molecule has 3 heteroatoms. The maximum atomic E-state index is 12.0. The summed E-state index contributed by atoms with van der Waals surface area (Å²) in [5.74, 6) is 0.107. The van der Waals surface area contributed by atoms with Gasteiger partial charge < -0.3 is 0 Å². The van der Waals surface area contributed by atoms with Crippen LogP contribution in [-0.2, 0) is 4.79 Å². The highest BCUT2D eigenvalue weighted by Crippen LogP contribution is 2.28. The Kier molecular flexibility index (Phi) is 2.82. The molecule has 0 spiro atoms. The van der Waals surface area contributed by atoms with Crippen molar-refractivity contribution in [2.75, 3.05) is 11.4 Å². The molecule has 0 saturated carbocycles. The number of carbonyl (C=O) groups is 1. The van der Waals surface area contributed by atoms with Crippen LogP contribution >= 0.6 is 0 Å². The average molecular weight is 238 g/mol. The predicted molar refractivity (Wildman–Crippen MR) is 71.1 cm³/mol. The van der Waals surface area contributed by atoms with Gasteiger partial charge in [-0.3, -0.25) is 15.0 Å². The quantitative estimate of drug-likeness (QED) is 0.870. The van der Waals surface area contributed by atoms with E-state index < -0.39 is 0 Å². The van der Waals surface area contributed by atoms with Crippen molar-refractivity contribution < 1.29 is 4.79 Å². The van der Waals surface area contributed by atoms with Gasteiger partial charge in [0.1, 0.15) is 6.17 Å². The molecule has 18 heavy (non-hydrogen) atoms. The molecule has 3 nitrogen and oxygen atoms in total. The molecule has 1 saturated heterocycles. The number of amides is 1. The average Bonchev–Trinajstić information content (AvgIpc) is 2.83. The molecular formula is C15H14N2O. The van der Waals surface area contributed by atoms with Crippen molar-refractivity contribution in [3.05, 3.63) is 66.2 Å². The van der Waals surface area contributed by atoms with Crippen LogP contribution in [0.1, 0.15) is 11.7 Å². The number of nitrogens with zero attached hydrogens (tertiary/aromatic N) is 1. The Morgan fingerprint density at radius 3 is 2.22 bits per heavy atom. The van der Waals surface area contributed by atoms with Gasteiger partial charge in [-0.25, -0.2) is 0 Å². The molecule has 0 radical (unpaired) electrons. The van der Waals surface area contributed by atoms with Gasteiger partial charge in [0, 0.05) is 5.69 Å². The van der Waals surface area contributed by atoms with Crippen LogP contribution in [0.15, 0.2) is 60.7 Å². The fraction of sp³-hybridized carbons (Fsp3) is 0.133. The highest BCUT2D eigenvalue weighted by atomic mass is 16.2. The van der Waals surface area contributed by atoms with E-state index in [2.05, 4.69) is 5.32 Å². The fourth-order valence-corrected chi connectivity index (χ4v) is 2.29. The maximum Gasteiger partial charge on any atom is 0.242 e. The Labute approximate surface area is 106 Å². The van der Waals surface area contributed by atoms with E-state index in [4.69, 9.17) is 0 Å². The number of hydrogen-bond donors (Lipinski definition) is 1. The van der Waals surface area contributed by atoms with Crippen LogP contribution in [0.4, 0.5) is 5.69 Å². The first-order chi connectivity index (χ1) is 8.86. The molecule has 1 atom stereocenters. The summed E-state index contributed by atoms with van der Waals surface area (Å²) in [4.78, 5) is 13.8. The van der Waals surface area contributed by atoms with Crippen LogP contribution in [-0.4, -0.2) is 12.5 Å². The van der Waals surface area contributed by atoms with Crippen molar-refractivity contribution in [3.63, 3.8) is 0 Å². The van der Waals surface area contributed by atoms with Gasteiger partial charge in [-0.2, -0.15) is 0 Å². The molecule has 0 aliphatic carbocycles. The van der Waals surface area contributed by atoms with Gasteiger partial charge in [0.05, 0.1) is 6.54 Å². The third kappa shape index (κ3) is 1.89. The minimum Gasteiger partial charge on any atom is -0.291 e. The highest BCUT2D eigenvalue weighted by Gasteiger charge is 2.32. The smallest absolute Gasteiger partial charge is 0.242 e. The predicted octanol–water partition coefficient (Wildman–Crippen LogP) is 2.32. The van der Waals surface area contributed by atoms with E-state index in [-0.39, 0.29) is 12.1 Å². The molecule has 1 unspecified atom stereocenters. The molecule has 1 heterocycles. The van der Waals surface area contributed by atoms with Gasteiger partial charge in [-0.15, -0.1) is 0 Å². The van der Waals surface area contributed by atoms with Gasteiger partial charge in [0.25, 0.3) is 0 Å². The molecule has 2 aromatic carbocycles. The summed E-state index contributed by atoms with van der Waals surface area (Å²) in [6.45, 7) is 0.383. The first-order valence-electron chi connectivity index (χ1n) is 6.02. The Morgan fingerprint density at radius 1 is 0.944 bits per heavy atom. The van der Waals surface area contributed by atoms with E-state index in [1.54, 1.807) is 0 Å². The lowest BCUT2D eigenvalue weighted by Crippen LogP contribution is -2.29. The summed E-state index contributed by atoms with van der Waals surface area (Å²) in [5, 5.41) is 3.25. The summed E-state index contributed by atoms with van der Waals surface area (Å²) in [6, 6.07) is 19.8. The van der Waals surface area contributed by atoms with Crippen LogP contribution in [0.2, 0.25) is 0 Å². The topological polar surface area (TPSA) is 32.3 Å². The first kappa shape index (κ1) is 11.0. The van der Waals surface area contributed by atoms with E-state index in [1.807, 2.05) is 65.6 Å². The van der Waals surface area contributed by atoms with E-state index in [0.29, 0.717) is 6.54 Å². The highest BCUT2D eigenvalue weighted by molar-refractivity contribution is 5.97. The molecule has 0 bridgehead atoms. The number of hydrogen-bond acceptors (Lipinski definition) is 2.